The van der Waals surface area contributed by atoms with E-state index in [1.807, 2.05) is 0 Å². The second-order valence-corrected chi connectivity index (χ2v) is 4.03. The van der Waals surface area contributed by atoms with Gasteiger partial charge in [0.15, 0.2) is 6.10 Å². The minimum absolute atomic E-state index is 0.112. The number of hydrogen-bond donors (Lipinski definition) is 2. The van der Waals surface area contributed by atoms with Crippen LogP contribution in [0.25, 0.3) is 0 Å². The highest BCUT2D eigenvalue weighted by atomic mass is 16.6. The van der Waals surface area contributed by atoms with Crippen molar-refractivity contribution in [2.45, 2.75) is 13.0 Å². The summed E-state index contributed by atoms with van der Waals surface area (Å²) in [5.74, 6) is -1.70. The molecule has 0 radical (unpaired) electrons. The van der Waals surface area contributed by atoms with E-state index in [9.17, 15) is 19.7 Å². The fourth-order valence-corrected chi connectivity index (χ4v) is 1.57. The second kappa shape index (κ2) is 6.62. The minimum atomic E-state index is -1.19. The van der Waals surface area contributed by atoms with Crippen molar-refractivity contribution in [1.82, 2.24) is 5.32 Å². The first-order chi connectivity index (χ1) is 9.36. The molecule has 1 unspecified atom stereocenters. The number of ether oxygens (including phenoxy) is 1. The average molecular weight is 282 g/mol. The molecule has 0 aliphatic rings. The Kier molecular flexibility index (Phi) is 5.15. The van der Waals surface area contributed by atoms with E-state index in [2.05, 4.69) is 10.1 Å². The number of carbonyl (C=O) groups is 2. The molecule has 20 heavy (non-hydrogen) atoms. The molecule has 2 N–H and O–H groups in total. The van der Waals surface area contributed by atoms with E-state index in [-0.39, 0.29) is 17.8 Å². The number of nitro groups is 1. The quantitative estimate of drug-likeness (QED) is 0.586. The van der Waals surface area contributed by atoms with Crippen molar-refractivity contribution >= 4 is 17.6 Å². The molecule has 1 amide bonds. The molecular weight excluding hydrogens is 268 g/mol. The SMILES string of the molecule is COC(CNC(=O)c1ccc([N+](=O)[O-])cc1C)C(=O)O. The second-order valence-electron chi connectivity index (χ2n) is 4.03. The third-order valence-electron chi connectivity index (χ3n) is 2.67. The molecule has 0 spiro atoms. The zero-order valence-electron chi connectivity index (χ0n) is 11.0. The van der Waals surface area contributed by atoms with E-state index in [0.29, 0.717) is 5.56 Å². The van der Waals surface area contributed by atoms with Crippen molar-refractivity contribution in [2.24, 2.45) is 0 Å². The molecule has 1 rings (SSSR count). The molecule has 0 bridgehead atoms. The highest BCUT2D eigenvalue weighted by Gasteiger charge is 2.19. The predicted octanol–water partition coefficient (Wildman–Crippen LogP) is 0.733. The molecule has 0 saturated heterocycles. The summed E-state index contributed by atoms with van der Waals surface area (Å²) in [5.41, 5.74) is 0.566. The Morgan fingerprint density at radius 1 is 1.50 bits per heavy atom. The summed E-state index contributed by atoms with van der Waals surface area (Å²) in [5, 5.41) is 21.8. The molecule has 1 aromatic rings. The van der Waals surface area contributed by atoms with Crippen LogP contribution in [0, 0.1) is 17.0 Å². The van der Waals surface area contributed by atoms with Crippen LogP contribution in [0.1, 0.15) is 15.9 Å². The number of aryl methyl sites for hydroxylation is 1. The monoisotopic (exact) mass is 282 g/mol. The summed E-state index contributed by atoms with van der Waals surface area (Å²) in [6.07, 6.45) is -1.14. The highest BCUT2D eigenvalue weighted by molar-refractivity contribution is 5.96. The maximum Gasteiger partial charge on any atom is 0.334 e. The van der Waals surface area contributed by atoms with Crippen LogP contribution < -0.4 is 5.32 Å². The Labute approximate surface area is 114 Å². The molecule has 0 saturated carbocycles. The lowest BCUT2D eigenvalue weighted by Crippen LogP contribution is -2.38. The van der Waals surface area contributed by atoms with Crippen molar-refractivity contribution in [1.29, 1.82) is 0 Å². The Balaban J connectivity index is 2.78. The van der Waals surface area contributed by atoms with Gasteiger partial charge in [0.05, 0.1) is 11.5 Å². The number of hydrogen-bond acceptors (Lipinski definition) is 5. The number of nitrogens with zero attached hydrogens (tertiary/aromatic N) is 1. The van der Waals surface area contributed by atoms with E-state index in [0.717, 1.165) is 0 Å². The van der Waals surface area contributed by atoms with Crippen LogP contribution in [-0.2, 0) is 9.53 Å². The Bertz CT molecular complexity index is 543. The molecule has 0 fully saturated rings. The number of amides is 1. The molecule has 1 atom stereocenters. The van der Waals surface area contributed by atoms with E-state index in [1.54, 1.807) is 6.92 Å². The summed E-state index contributed by atoms with van der Waals surface area (Å²) in [6.45, 7) is 1.37. The number of non-ortho nitro benzene ring substituents is 1. The van der Waals surface area contributed by atoms with Crippen molar-refractivity contribution in [2.75, 3.05) is 13.7 Å². The van der Waals surface area contributed by atoms with Crippen LogP contribution in [0.2, 0.25) is 0 Å². The minimum Gasteiger partial charge on any atom is -0.479 e. The van der Waals surface area contributed by atoms with Gasteiger partial charge >= 0.3 is 5.97 Å². The van der Waals surface area contributed by atoms with Crippen LogP contribution in [0.5, 0.6) is 0 Å². The summed E-state index contributed by atoms with van der Waals surface area (Å²) >= 11 is 0. The average Bonchev–Trinajstić information content (AvgIpc) is 2.38. The molecule has 1 aromatic carbocycles. The maximum absolute atomic E-state index is 11.9. The van der Waals surface area contributed by atoms with Crippen molar-refractivity contribution in [3.8, 4) is 0 Å². The fourth-order valence-electron chi connectivity index (χ4n) is 1.57. The van der Waals surface area contributed by atoms with Gasteiger partial charge in [-0.15, -0.1) is 0 Å². The van der Waals surface area contributed by atoms with E-state index >= 15 is 0 Å². The first-order valence-corrected chi connectivity index (χ1v) is 5.65. The number of carbonyl (C=O) groups excluding carboxylic acids is 1. The van der Waals surface area contributed by atoms with Gasteiger partial charge in [-0.2, -0.15) is 0 Å². The largest absolute Gasteiger partial charge is 0.479 e. The number of benzene rings is 1. The third-order valence-corrected chi connectivity index (χ3v) is 2.67. The zero-order valence-corrected chi connectivity index (χ0v) is 11.0. The highest BCUT2D eigenvalue weighted by Crippen LogP contribution is 2.16. The number of nitro benzene ring substituents is 1. The number of rotatable bonds is 6. The molecular formula is C12H14N2O6. The Morgan fingerprint density at radius 2 is 2.15 bits per heavy atom. The van der Waals surface area contributed by atoms with Gasteiger partial charge in [-0.1, -0.05) is 0 Å². The van der Waals surface area contributed by atoms with Crippen molar-refractivity contribution in [3.63, 3.8) is 0 Å². The number of nitrogens with one attached hydrogen (secondary N) is 1. The smallest absolute Gasteiger partial charge is 0.334 e. The predicted molar refractivity (Wildman–Crippen MR) is 68.6 cm³/mol. The molecule has 0 aliphatic carbocycles. The molecule has 0 heterocycles. The zero-order chi connectivity index (χ0) is 15.3. The number of aliphatic carboxylic acids is 1. The molecule has 8 nitrogen and oxygen atoms in total. The number of carboxylic acid groups (broad SMARTS) is 1. The van der Waals surface area contributed by atoms with Crippen LogP contribution in [0.15, 0.2) is 18.2 Å². The fraction of sp³-hybridized carbons (Fsp3) is 0.333. The molecule has 108 valence electrons. The van der Waals surface area contributed by atoms with Crippen LogP contribution in [0.3, 0.4) is 0 Å². The maximum atomic E-state index is 11.9. The van der Waals surface area contributed by atoms with Gasteiger partial charge in [-0.05, 0) is 18.6 Å². The standard InChI is InChI=1S/C12H14N2O6/c1-7-5-8(14(18)19)3-4-9(7)11(15)13-6-10(20-2)12(16)17/h3-5,10H,6H2,1-2H3,(H,13,15)(H,16,17). The Hall–Kier alpha value is -2.48. The lowest BCUT2D eigenvalue weighted by atomic mass is 10.1. The van der Waals surface area contributed by atoms with E-state index < -0.39 is 22.9 Å². The van der Waals surface area contributed by atoms with Gasteiger partial charge in [-0.3, -0.25) is 14.9 Å². The molecule has 0 aliphatic heterocycles. The third kappa shape index (κ3) is 3.75. The van der Waals surface area contributed by atoms with E-state index in [1.165, 1.54) is 25.3 Å². The van der Waals surface area contributed by atoms with Crippen LogP contribution in [-0.4, -0.2) is 41.7 Å². The lowest BCUT2D eigenvalue weighted by molar-refractivity contribution is -0.384. The summed E-state index contributed by atoms with van der Waals surface area (Å²) in [4.78, 5) is 32.6. The van der Waals surface area contributed by atoms with Gasteiger partial charge in [-0.25, -0.2) is 4.79 Å². The number of methoxy groups -OCH3 is 1. The van der Waals surface area contributed by atoms with Crippen molar-refractivity contribution in [3.05, 3.63) is 39.4 Å². The first-order valence-electron chi connectivity index (χ1n) is 5.65. The summed E-state index contributed by atoms with van der Waals surface area (Å²) in [7, 11) is 1.22. The lowest BCUT2D eigenvalue weighted by Gasteiger charge is -2.12. The van der Waals surface area contributed by atoms with Gasteiger partial charge in [0.25, 0.3) is 11.6 Å². The number of carboxylic acids is 1. The normalized spacial score (nSPS) is 11.7. The summed E-state index contributed by atoms with van der Waals surface area (Å²) < 4.78 is 4.68. The first kappa shape index (κ1) is 15.6. The molecule has 8 heteroatoms. The van der Waals surface area contributed by atoms with Gasteiger partial charge in [0.2, 0.25) is 0 Å². The van der Waals surface area contributed by atoms with Crippen LogP contribution >= 0.6 is 0 Å². The van der Waals surface area contributed by atoms with Gasteiger partial charge < -0.3 is 15.2 Å². The topological polar surface area (TPSA) is 119 Å². The van der Waals surface area contributed by atoms with Gasteiger partial charge in [0.1, 0.15) is 0 Å². The Morgan fingerprint density at radius 3 is 2.60 bits per heavy atom. The van der Waals surface area contributed by atoms with Crippen LogP contribution in [0.4, 0.5) is 5.69 Å². The van der Waals surface area contributed by atoms with E-state index in [4.69, 9.17) is 5.11 Å². The van der Waals surface area contributed by atoms with Gasteiger partial charge in [0, 0.05) is 24.8 Å². The molecule has 0 aromatic heterocycles. The van der Waals surface area contributed by atoms with Crippen molar-refractivity contribution < 1.29 is 24.4 Å². The summed E-state index contributed by atoms with van der Waals surface area (Å²) in [6, 6.07) is 3.82.